The zero-order chi connectivity index (χ0) is 18.6. The Morgan fingerprint density at radius 3 is 2.81 bits per heavy atom. The van der Waals surface area contributed by atoms with E-state index in [0.717, 1.165) is 19.4 Å². The van der Waals surface area contributed by atoms with Gasteiger partial charge in [-0.25, -0.2) is 4.98 Å². The molecule has 0 aliphatic heterocycles. The Kier molecular flexibility index (Phi) is 5.52. The first kappa shape index (κ1) is 18.2. The number of carbonyl (C=O) groups excluding carboxylic acids is 1. The second-order valence-corrected chi connectivity index (χ2v) is 9.17. The average Bonchev–Trinajstić information content (AvgIpc) is 3.28. The van der Waals surface area contributed by atoms with Gasteiger partial charge in [-0.2, -0.15) is 4.99 Å². The minimum absolute atomic E-state index is 0.139. The van der Waals surface area contributed by atoms with Crippen molar-refractivity contribution in [2.75, 3.05) is 5.75 Å². The van der Waals surface area contributed by atoms with Gasteiger partial charge in [0, 0.05) is 18.1 Å². The summed E-state index contributed by atoms with van der Waals surface area (Å²) in [5.74, 6) is 0.154. The van der Waals surface area contributed by atoms with Crippen LogP contribution in [0.25, 0.3) is 10.2 Å². The summed E-state index contributed by atoms with van der Waals surface area (Å²) in [5.41, 5.74) is 3.40. The van der Waals surface area contributed by atoms with Gasteiger partial charge in [-0.15, -0.1) is 22.7 Å². The summed E-state index contributed by atoms with van der Waals surface area (Å²) in [4.78, 5) is 21.9. The number of fused-ring (bicyclic) bond motifs is 1. The first-order chi connectivity index (χ1) is 13.2. The molecular formula is C20H17N3OS3. The Morgan fingerprint density at radius 1 is 1.19 bits per heavy atom. The van der Waals surface area contributed by atoms with E-state index in [-0.39, 0.29) is 5.91 Å². The molecule has 2 heterocycles. The highest BCUT2D eigenvalue weighted by Crippen LogP contribution is 2.29. The topological polar surface area (TPSA) is 47.2 Å². The first-order valence-corrected chi connectivity index (χ1v) is 11.1. The lowest BCUT2D eigenvalue weighted by Crippen LogP contribution is -2.17. The van der Waals surface area contributed by atoms with Gasteiger partial charge in [0.2, 0.25) is 0 Å². The van der Waals surface area contributed by atoms with Crippen molar-refractivity contribution in [2.45, 2.75) is 17.8 Å². The van der Waals surface area contributed by atoms with Crippen LogP contribution in [0.3, 0.4) is 0 Å². The van der Waals surface area contributed by atoms with Crippen LogP contribution in [0.1, 0.15) is 11.1 Å². The summed E-state index contributed by atoms with van der Waals surface area (Å²) in [5, 5.41) is 1.96. The Labute approximate surface area is 169 Å². The number of aromatic nitrogens is 2. The number of thioether (sulfide) groups is 1. The van der Waals surface area contributed by atoms with Crippen LogP contribution in [0.5, 0.6) is 0 Å². The maximum Gasteiger partial charge on any atom is 0.258 e. The minimum Gasteiger partial charge on any atom is -0.319 e. The number of thiazole rings is 2. The Morgan fingerprint density at radius 2 is 2.00 bits per heavy atom. The zero-order valence-corrected chi connectivity index (χ0v) is 17.1. The Bertz CT molecular complexity index is 1110. The van der Waals surface area contributed by atoms with E-state index in [0.29, 0.717) is 12.3 Å². The summed E-state index contributed by atoms with van der Waals surface area (Å²) in [6.07, 6.45) is 1.97. The lowest BCUT2D eigenvalue weighted by Gasteiger charge is -2.03. The van der Waals surface area contributed by atoms with Crippen LogP contribution in [0.15, 0.2) is 69.4 Å². The lowest BCUT2D eigenvalue weighted by atomic mass is 10.1. The highest BCUT2D eigenvalue weighted by atomic mass is 32.2. The highest BCUT2D eigenvalue weighted by molar-refractivity contribution is 8.01. The average molecular weight is 412 g/mol. The maximum atomic E-state index is 12.3. The van der Waals surface area contributed by atoms with Crippen molar-refractivity contribution >= 4 is 50.6 Å². The number of aryl methyl sites for hydroxylation is 1. The number of para-hydroxylation sites is 1. The van der Waals surface area contributed by atoms with Crippen molar-refractivity contribution in [1.82, 2.24) is 9.55 Å². The van der Waals surface area contributed by atoms with E-state index in [2.05, 4.69) is 41.2 Å². The van der Waals surface area contributed by atoms with E-state index in [1.807, 2.05) is 40.4 Å². The van der Waals surface area contributed by atoms with Crippen molar-refractivity contribution in [1.29, 1.82) is 0 Å². The second-order valence-electron chi connectivity index (χ2n) is 6.04. The molecule has 0 fully saturated rings. The second kappa shape index (κ2) is 8.21. The fraction of sp³-hybridized carbons (Fsp3) is 0.150. The molecule has 0 spiro atoms. The molecule has 1 amide bonds. The zero-order valence-electron chi connectivity index (χ0n) is 14.7. The van der Waals surface area contributed by atoms with Crippen molar-refractivity contribution in [3.63, 3.8) is 0 Å². The Balaban J connectivity index is 1.44. The highest BCUT2D eigenvalue weighted by Gasteiger charge is 2.08. The molecule has 4 rings (SSSR count). The van der Waals surface area contributed by atoms with Crippen molar-refractivity contribution < 1.29 is 4.79 Å². The fourth-order valence-corrected chi connectivity index (χ4v) is 5.17. The third-order valence-electron chi connectivity index (χ3n) is 3.95. The molecule has 0 radical (unpaired) electrons. The van der Waals surface area contributed by atoms with Crippen molar-refractivity contribution in [3.05, 3.63) is 76.0 Å². The predicted octanol–water partition coefficient (Wildman–Crippen LogP) is 4.74. The van der Waals surface area contributed by atoms with Crippen molar-refractivity contribution in [3.8, 4) is 0 Å². The van der Waals surface area contributed by atoms with Gasteiger partial charge in [0.15, 0.2) is 9.14 Å². The smallest absolute Gasteiger partial charge is 0.258 e. The number of amides is 1. The molecule has 4 nitrogen and oxygen atoms in total. The molecule has 4 aromatic rings. The number of hydrogen-bond donors (Lipinski definition) is 0. The first-order valence-electron chi connectivity index (χ1n) is 8.43. The standard InChI is InChI=1S/C20H17N3OS3/c1-14-6-8-15(9-7-14)12-23-10-11-25-19(23)22-18(24)13-26-20-21-16-4-2-3-5-17(16)27-20/h2-11H,12-13H2,1H3. The summed E-state index contributed by atoms with van der Waals surface area (Å²) in [6.45, 7) is 2.78. The monoisotopic (exact) mass is 411 g/mol. The van der Waals surface area contributed by atoms with Crippen LogP contribution < -0.4 is 4.80 Å². The molecule has 0 unspecified atom stereocenters. The molecule has 2 aromatic carbocycles. The van der Waals surface area contributed by atoms with Gasteiger partial charge in [0.05, 0.1) is 16.0 Å². The van der Waals surface area contributed by atoms with Crippen LogP contribution in [-0.2, 0) is 11.3 Å². The van der Waals surface area contributed by atoms with Gasteiger partial charge in [0.1, 0.15) is 0 Å². The largest absolute Gasteiger partial charge is 0.319 e. The van der Waals surface area contributed by atoms with Crippen molar-refractivity contribution in [2.24, 2.45) is 4.99 Å². The van der Waals surface area contributed by atoms with E-state index >= 15 is 0 Å². The molecule has 0 N–H and O–H groups in total. The van der Waals surface area contributed by atoms with E-state index in [9.17, 15) is 4.79 Å². The molecule has 0 saturated carbocycles. The lowest BCUT2D eigenvalue weighted by molar-refractivity contribution is -0.115. The van der Waals surface area contributed by atoms with Gasteiger partial charge in [-0.05, 0) is 24.6 Å². The van der Waals surface area contributed by atoms with Crippen LogP contribution in [0.2, 0.25) is 0 Å². The van der Waals surface area contributed by atoms with Crippen LogP contribution in [-0.4, -0.2) is 21.2 Å². The van der Waals surface area contributed by atoms with Crippen LogP contribution in [0.4, 0.5) is 0 Å². The SMILES string of the molecule is Cc1ccc(Cn2ccsc2=NC(=O)CSc2nc3ccccc3s2)cc1. The quantitative estimate of drug-likeness (QED) is 0.446. The molecule has 136 valence electrons. The summed E-state index contributed by atoms with van der Waals surface area (Å²) < 4.78 is 4.05. The summed E-state index contributed by atoms with van der Waals surface area (Å²) in [7, 11) is 0. The van der Waals surface area contributed by atoms with Crippen LogP contribution in [0, 0.1) is 6.92 Å². The third-order valence-corrected chi connectivity index (χ3v) is 6.91. The number of carbonyl (C=O) groups is 1. The van der Waals surface area contributed by atoms with Gasteiger partial charge >= 0.3 is 0 Å². The van der Waals surface area contributed by atoms with Crippen LogP contribution >= 0.6 is 34.4 Å². The minimum atomic E-state index is -0.139. The number of rotatable bonds is 5. The summed E-state index contributed by atoms with van der Waals surface area (Å²) >= 11 is 4.53. The molecule has 2 aromatic heterocycles. The molecule has 27 heavy (non-hydrogen) atoms. The van der Waals surface area contributed by atoms with Gasteiger partial charge in [0.25, 0.3) is 5.91 Å². The van der Waals surface area contributed by atoms with Gasteiger partial charge in [-0.3, -0.25) is 4.79 Å². The molecule has 0 bridgehead atoms. The van der Waals surface area contributed by atoms with E-state index in [1.165, 1.54) is 34.2 Å². The maximum absolute atomic E-state index is 12.3. The van der Waals surface area contributed by atoms with E-state index in [4.69, 9.17) is 0 Å². The van der Waals surface area contributed by atoms with Gasteiger partial charge < -0.3 is 4.57 Å². The predicted molar refractivity (Wildman–Crippen MR) is 114 cm³/mol. The number of benzene rings is 2. The van der Waals surface area contributed by atoms with E-state index < -0.39 is 0 Å². The molecule has 7 heteroatoms. The third kappa shape index (κ3) is 4.55. The number of nitrogens with zero attached hydrogens (tertiary/aromatic N) is 3. The Hall–Kier alpha value is -2.22. The normalized spacial score (nSPS) is 12.0. The molecule has 0 aliphatic rings. The molecular weight excluding hydrogens is 394 g/mol. The molecule has 0 saturated heterocycles. The summed E-state index contributed by atoms with van der Waals surface area (Å²) in [6, 6.07) is 16.4. The van der Waals surface area contributed by atoms with E-state index in [1.54, 1.807) is 11.3 Å². The fourth-order valence-electron chi connectivity index (χ4n) is 2.57. The number of hydrogen-bond acceptors (Lipinski definition) is 5. The molecule has 0 atom stereocenters. The van der Waals surface area contributed by atoms with Gasteiger partial charge in [-0.1, -0.05) is 53.7 Å². The molecule has 0 aliphatic carbocycles.